The fraction of sp³-hybridized carbons (Fsp3) is 0.421. The third kappa shape index (κ3) is 4.73. The third-order valence-corrected chi connectivity index (χ3v) is 4.92. The van der Waals surface area contributed by atoms with Gasteiger partial charge < -0.3 is 10.1 Å². The Bertz CT molecular complexity index is 886. The maximum Gasteiger partial charge on any atom is 0.338 e. The molecule has 28 heavy (non-hydrogen) atoms. The van der Waals surface area contributed by atoms with Gasteiger partial charge in [0.05, 0.1) is 17.6 Å². The number of carbonyl (C=O) groups is 2. The lowest BCUT2D eigenvalue weighted by Gasteiger charge is -2.20. The van der Waals surface area contributed by atoms with E-state index in [1.165, 1.54) is 45.3 Å². The summed E-state index contributed by atoms with van der Waals surface area (Å²) in [4.78, 5) is 34.7. The summed E-state index contributed by atoms with van der Waals surface area (Å²) in [5.41, 5.74) is 0.484. The minimum Gasteiger partial charge on any atom is -0.465 e. The molecule has 9 nitrogen and oxygen atoms in total. The number of nitrogens with one attached hydrogen (secondary N) is 2. The van der Waals surface area contributed by atoms with E-state index in [1.807, 2.05) is 0 Å². The van der Waals surface area contributed by atoms with Crippen molar-refractivity contribution in [3.63, 3.8) is 0 Å². The first-order valence-corrected chi connectivity index (χ1v) is 9.19. The molecule has 0 saturated heterocycles. The Balaban J connectivity index is 1.73. The van der Waals surface area contributed by atoms with Crippen LogP contribution in [-0.2, 0) is 11.2 Å². The van der Waals surface area contributed by atoms with Crippen LogP contribution in [0.5, 0.6) is 0 Å². The highest BCUT2D eigenvalue weighted by atomic mass is 16.6. The van der Waals surface area contributed by atoms with Gasteiger partial charge in [-0.3, -0.25) is 20.0 Å². The van der Waals surface area contributed by atoms with E-state index in [0.29, 0.717) is 11.7 Å². The van der Waals surface area contributed by atoms with Crippen molar-refractivity contribution < 1.29 is 19.2 Å². The van der Waals surface area contributed by atoms with Gasteiger partial charge in [-0.1, -0.05) is 32.1 Å². The van der Waals surface area contributed by atoms with Crippen molar-refractivity contribution in [1.29, 1.82) is 0 Å². The van der Waals surface area contributed by atoms with Crippen LogP contribution in [0.4, 0.5) is 11.5 Å². The number of rotatable bonds is 6. The van der Waals surface area contributed by atoms with Gasteiger partial charge in [-0.25, -0.2) is 4.79 Å². The molecule has 1 amide bonds. The van der Waals surface area contributed by atoms with E-state index >= 15 is 0 Å². The normalized spacial score (nSPS) is 14.5. The van der Waals surface area contributed by atoms with Crippen LogP contribution in [0.15, 0.2) is 24.3 Å². The SMILES string of the molecule is COC(=O)c1cc(C(=O)Nc2cc(CC3CCCCC3)[nH]n2)cc([N+](=O)[O-])c1. The number of hydrogen-bond acceptors (Lipinski definition) is 6. The monoisotopic (exact) mass is 386 g/mol. The van der Waals surface area contributed by atoms with E-state index in [9.17, 15) is 19.7 Å². The summed E-state index contributed by atoms with van der Waals surface area (Å²) in [6.45, 7) is 0. The lowest BCUT2D eigenvalue weighted by molar-refractivity contribution is -0.384. The fourth-order valence-corrected chi connectivity index (χ4v) is 3.50. The molecule has 0 bridgehead atoms. The van der Waals surface area contributed by atoms with Crippen LogP contribution >= 0.6 is 0 Å². The number of nitrogens with zero attached hydrogens (tertiary/aromatic N) is 2. The quantitative estimate of drug-likeness (QED) is 0.444. The van der Waals surface area contributed by atoms with Crippen molar-refractivity contribution in [2.75, 3.05) is 12.4 Å². The van der Waals surface area contributed by atoms with Crippen molar-refractivity contribution in [3.05, 3.63) is 51.2 Å². The number of nitro benzene ring substituents is 1. The molecule has 1 aliphatic carbocycles. The fourth-order valence-electron chi connectivity index (χ4n) is 3.50. The van der Waals surface area contributed by atoms with Crippen LogP contribution in [0.2, 0.25) is 0 Å². The average Bonchev–Trinajstić information content (AvgIpc) is 3.14. The predicted octanol–water partition coefficient (Wildman–Crippen LogP) is 3.48. The lowest BCUT2D eigenvalue weighted by atomic mass is 9.86. The maximum atomic E-state index is 12.5. The predicted molar refractivity (Wildman–Crippen MR) is 101 cm³/mol. The van der Waals surface area contributed by atoms with Gasteiger partial charge >= 0.3 is 5.97 Å². The second kappa shape index (κ2) is 8.64. The van der Waals surface area contributed by atoms with E-state index in [4.69, 9.17) is 0 Å². The van der Waals surface area contributed by atoms with Gasteiger partial charge in [0.25, 0.3) is 11.6 Å². The summed E-state index contributed by atoms with van der Waals surface area (Å²) in [5, 5.41) is 20.7. The van der Waals surface area contributed by atoms with Gasteiger partial charge in [0.1, 0.15) is 0 Å². The highest BCUT2D eigenvalue weighted by Gasteiger charge is 2.20. The highest BCUT2D eigenvalue weighted by Crippen LogP contribution is 2.27. The number of methoxy groups -OCH3 is 1. The van der Waals surface area contributed by atoms with E-state index in [0.717, 1.165) is 24.2 Å². The zero-order valence-corrected chi connectivity index (χ0v) is 15.6. The van der Waals surface area contributed by atoms with Gasteiger partial charge in [0, 0.05) is 29.5 Å². The molecule has 0 atom stereocenters. The zero-order chi connectivity index (χ0) is 20.1. The lowest BCUT2D eigenvalue weighted by Crippen LogP contribution is -2.14. The van der Waals surface area contributed by atoms with E-state index in [1.54, 1.807) is 6.07 Å². The minimum atomic E-state index is -0.757. The third-order valence-electron chi connectivity index (χ3n) is 4.92. The second-order valence-electron chi connectivity index (χ2n) is 6.96. The first-order chi connectivity index (χ1) is 13.5. The van der Waals surface area contributed by atoms with Crippen LogP contribution < -0.4 is 5.32 Å². The number of hydrogen-bond donors (Lipinski definition) is 2. The van der Waals surface area contributed by atoms with Crippen molar-refractivity contribution in [3.8, 4) is 0 Å². The molecule has 2 aromatic rings. The summed E-state index contributed by atoms with van der Waals surface area (Å²) in [6.07, 6.45) is 7.06. The summed E-state index contributed by atoms with van der Waals surface area (Å²) in [5.74, 6) is -0.393. The second-order valence-corrected chi connectivity index (χ2v) is 6.96. The Morgan fingerprint density at radius 3 is 2.61 bits per heavy atom. The Morgan fingerprint density at radius 1 is 1.21 bits per heavy atom. The van der Waals surface area contributed by atoms with Crippen LogP contribution in [-0.4, -0.2) is 34.1 Å². The Kier molecular flexibility index (Phi) is 6.03. The molecule has 1 saturated carbocycles. The first-order valence-electron chi connectivity index (χ1n) is 9.19. The number of amides is 1. The van der Waals surface area contributed by atoms with Crippen LogP contribution in [0, 0.1) is 16.0 Å². The van der Waals surface area contributed by atoms with Crippen molar-refractivity contribution in [2.24, 2.45) is 5.92 Å². The molecule has 9 heteroatoms. The number of benzene rings is 1. The number of carbonyl (C=O) groups excluding carboxylic acids is 2. The maximum absolute atomic E-state index is 12.5. The van der Waals surface area contributed by atoms with Gasteiger partial charge in [0.2, 0.25) is 0 Å². The Hall–Kier alpha value is -3.23. The van der Waals surface area contributed by atoms with Gasteiger partial charge in [0.15, 0.2) is 5.82 Å². The summed E-state index contributed by atoms with van der Waals surface area (Å²) < 4.78 is 4.59. The molecule has 1 heterocycles. The first kappa shape index (κ1) is 19.5. The molecule has 1 aromatic carbocycles. The highest BCUT2D eigenvalue weighted by molar-refractivity contribution is 6.05. The smallest absolute Gasteiger partial charge is 0.338 e. The number of aromatic nitrogens is 2. The molecule has 1 aliphatic rings. The topological polar surface area (TPSA) is 127 Å². The Labute approximate surface area is 161 Å². The molecule has 1 fully saturated rings. The molecule has 148 valence electrons. The van der Waals surface area contributed by atoms with Crippen molar-refractivity contribution in [2.45, 2.75) is 38.5 Å². The van der Waals surface area contributed by atoms with E-state index in [2.05, 4.69) is 20.3 Å². The minimum absolute atomic E-state index is 0.0218. The summed E-state index contributed by atoms with van der Waals surface area (Å²) >= 11 is 0. The van der Waals surface area contributed by atoms with Crippen LogP contribution in [0.25, 0.3) is 0 Å². The standard InChI is InChI=1S/C19H22N4O5/c1-28-19(25)14-8-13(9-16(10-14)23(26)27)18(24)20-17-11-15(21-22-17)7-12-5-3-2-4-6-12/h8-12H,2-7H2,1H3,(H2,20,21,22,24). The molecule has 0 unspecified atom stereocenters. The number of anilines is 1. The largest absolute Gasteiger partial charge is 0.465 e. The van der Waals surface area contributed by atoms with Crippen molar-refractivity contribution >= 4 is 23.4 Å². The molecule has 0 spiro atoms. The molecular formula is C19H22N4O5. The van der Waals surface area contributed by atoms with Crippen LogP contribution in [0.1, 0.15) is 58.5 Å². The number of ether oxygens (including phenoxy) is 1. The summed E-state index contributed by atoms with van der Waals surface area (Å²) in [6, 6.07) is 5.20. The molecule has 0 radical (unpaired) electrons. The zero-order valence-electron chi connectivity index (χ0n) is 15.6. The van der Waals surface area contributed by atoms with E-state index in [-0.39, 0.29) is 16.8 Å². The molecular weight excluding hydrogens is 364 g/mol. The average molecular weight is 386 g/mol. The number of H-pyrrole nitrogens is 1. The van der Waals surface area contributed by atoms with Crippen molar-refractivity contribution in [1.82, 2.24) is 10.2 Å². The van der Waals surface area contributed by atoms with E-state index < -0.39 is 16.8 Å². The van der Waals surface area contributed by atoms with Gasteiger partial charge in [-0.05, 0) is 18.4 Å². The van der Waals surface area contributed by atoms with Gasteiger partial charge in [-0.15, -0.1) is 0 Å². The van der Waals surface area contributed by atoms with Gasteiger partial charge in [-0.2, -0.15) is 5.10 Å². The number of non-ortho nitro benzene ring substituents is 1. The Morgan fingerprint density at radius 2 is 1.93 bits per heavy atom. The van der Waals surface area contributed by atoms with Crippen LogP contribution in [0.3, 0.4) is 0 Å². The summed E-state index contributed by atoms with van der Waals surface area (Å²) in [7, 11) is 1.17. The molecule has 0 aliphatic heterocycles. The number of aromatic amines is 1. The molecule has 1 aromatic heterocycles. The number of esters is 1. The number of nitro groups is 1. The molecule has 2 N–H and O–H groups in total. The molecule has 3 rings (SSSR count).